The summed E-state index contributed by atoms with van der Waals surface area (Å²) in [5, 5.41) is 0. The number of hydrogen-bond donors (Lipinski definition) is 0. The molecule has 0 bridgehead atoms. The minimum atomic E-state index is -0.0231. The summed E-state index contributed by atoms with van der Waals surface area (Å²) in [6.45, 7) is 0. The lowest BCUT2D eigenvalue weighted by Gasteiger charge is -1.70. The van der Waals surface area contributed by atoms with Gasteiger partial charge in [0.2, 0.25) is 0 Å². The van der Waals surface area contributed by atoms with Crippen molar-refractivity contribution in [3.8, 4) is 0 Å². The molecule has 1 heterocycles. The number of rotatable bonds is 0. The molecular weight excluding hydrogens is 90.9 g/mol. The zero-order valence-electron chi connectivity index (χ0n) is 3.81. The van der Waals surface area contributed by atoms with Crippen molar-refractivity contribution < 1.29 is 9.59 Å². The van der Waals surface area contributed by atoms with Crippen LogP contribution in [0.25, 0.3) is 0 Å². The second kappa shape index (κ2) is 1.48. The Morgan fingerprint density at radius 2 is 1.57 bits per heavy atom. The van der Waals surface area contributed by atoms with Crippen molar-refractivity contribution in [2.24, 2.45) is 0 Å². The van der Waals surface area contributed by atoms with Crippen LogP contribution in [0.5, 0.6) is 0 Å². The molecule has 0 aromatic heterocycles. The average molecular weight is 94.9 g/mol. The summed E-state index contributed by atoms with van der Waals surface area (Å²) in [5.74, 6) is 0. The van der Waals surface area contributed by atoms with Crippen LogP contribution in [0.3, 0.4) is 0 Å². The highest BCUT2D eigenvalue weighted by Gasteiger charge is 2.19. The monoisotopic (exact) mass is 95.0 g/mol. The average Bonchev–Trinajstić information content (AvgIpc) is 1.87. The van der Waals surface area contributed by atoms with Crippen LogP contribution in [0.15, 0.2) is 0 Å². The van der Waals surface area contributed by atoms with Crippen LogP contribution in [0.2, 0.25) is 0 Å². The van der Waals surface area contributed by atoms with Crippen LogP contribution in [-0.2, 0) is 9.59 Å². The predicted octanol–water partition coefficient (Wildman–Crippen LogP) is -0.462. The summed E-state index contributed by atoms with van der Waals surface area (Å²) >= 11 is 0. The van der Waals surface area contributed by atoms with E-state index in [9.17, 15) is 9.59 Å². The van der Waals surface area contributed by atoms with Crippen molar-refractivity contribution in [3.63, 3.8) is 0 Å². The van der Waals surface area contributed by atoms with Crippen molar-refractivity contribution >= 4 is 18.6 Å². The first-order chi connectivity index (χ1) is 3.29. The lowest BCUT2D eigenvalue weighted by molar-refractivity contribution is -0.112. The molecule has 0 unspecified atom stereocenters. The van der Waals surface area contributed by atoms with Gasteiger partial charge in [-0.3, -0.25) is 0 Å². The summed E-state index contributed by atoms with van der Waals surface area (Å²) < 4.78 is 0. The van der Waals surface area contributed by atoms with Gasteiger partial charge < -0.3 is 9.59 Å². The van der Waals surface area contributed by atoms with Gasteiger partial charge in [-0.25, -0.2) is 0 Å². The highest BCUT2D eigenvalue weighted by molar-refractivity contribution is 6.99. The molecule has 0 saturated carbocycles. The molecule has 0 N–H and O–H groups in total. The second-order valence-electron chi connectivity index (χ2n) is 1.58. The minimum Gasteiger partial charge on any atom is -0.311 e. The van der Waals surface area contributed by atoms with Gasteiger partial charge in [0.05, 0.1) is 11.4 Å². The van der Waals surface area contributed by atoms with E-state index in [4.69, 9.17) is 0 Å². The molecule has 7 heavy (non-hydrogen) atoms. The third-order valence-electron chi connectivity index (χ3n) is 0.940. The number of carbonyl (C=O) groups is 2. The van der Waals surface area contributed by atoms with Gasteiger partial charge in [0, 0.05) is 12.8 Å². The Kier molecular flexibility index (Phi) is 0.967. The first-order valence-corrected chi connectivity index (χ1v) is 2.19. The standard InChI is InChI=1S/C4H4BO2/c6-3-1-2-4(7)5-3/h1-2H2. The van der Waals surface area contributed by atoms with Crippen LogP contribution < -0.4 is 0 Å². The highest BCUT2D eigenvalue weighted by Crippen LogP contribution is 1.99. The fourth-order valence-corrected chi connectivity index (χ4v) is 0.570. The van der Waals surface area contributed by atoms with Gasteiger partial charge in [0.1, 0.15) is 0 Å². The maximum atomic E-state index is 10.2. The molecule has 0 amide bonds. The fourth-order valence-electron chi connectivity index (χ4n) is 0.570. The van der Waals surface area contributed by atoms with Crippen molar-refractivity contribution in [1.29, 1.82) is 0 Å². The second-order valence-corrected chi connectivity index (χ2v) is 1.58. The van der Waals surface area contributed by atoms with Gasteiger partial charge in [-0.1, -0.05) is 0 Å². The third kappa shape index (κ3) is 0.887. The van der Waals surface area contributed by atoms with Crippen LogP contribution in [0, 0.1) is 0 Å². The molecule has 1 aliphatic rings. The van der Waals surface area contributed by atoms with E-state index in [0.29, 0.717) is 12.8 Å². The largest absolute Gasteiger partial charge is 0.311 e. The zero-order valence-corrected chi connectivity index (χ0v) is 3.81. The summed E-state index contributed by atoms with van der Waals surface area (Å²) in [5.41, 5.74) is -0.0463. The van der Waals surface area contributed by atoms with Crippen molar-refractivity contribution in [1.82, 2.24) is 0 Å². The van der Waals surface area contributed by atoms with Gasteiger partial charge in [-0.15, -0.1) is 0 Å². The molecule has 1 fully saturated rings. The van der Waals surface area contributed by atoms with Crippen molar-refractivity contribution in [2.45, 2.75) is 12.8 Å². The van der Waals surface area contributed by atoms with Crippen LogP contribution in [-0.4, -0.2) is 18.6 Å². The van der Waals surface area contributed by atoms with Crippen LogP contribution >= 0.6 is 0 Å². The smallest absolute Gasteiger partial charge is 0.290 e. The Bertz CT molecular complexity index is 105. The molecule has 1 rings (SSSR count). The first-order valence-electron chi connectivity index (χ1n) is 2.19. The van der Waals surface area contributed by atoms with Gasteiger partial charge in [0.15, 0.2) is 0 Å². The van der Waals surface area contributed by atoms with E-state index in [-0.39, 0.29) is 11.4 Å². The normalized spacial score (nSPS) is 20.0. The van der Waals surface area contributed by atoms with E-state index < -0.39 is 0 Å². The topological polar surface area (TPSA) is 34.1 Å². The van der Waals surface area contributed by atoms with Crippen molar-refractivity contribution in [3.05, 3.63) is 0 Å². The molecule has 3 heteroatoms. The maximum Gasteiger partial charge on any atom is 0.290 e. The summed E-state index contributed by atoms with van der Waals surface area (Å²) in [6, 6.07) is 0. The predicted molar refractivity (Wildman–Crippen MR) is 25.0 cm³/mol. The Morgan fingerprint density at radius 3 is 1.71 bits per heavy atom. The van der Waals surface area contributed by atoms with Gasteiger partial charge in [0.25, 0.3) is 7.28 Å². The lowest BCUT2D eigenvalue weighted by Crippen LogP contribution is -2.05. The molecular formula is C4H4BO2. The Hall–Kier alpha value is -0.595. The Morgan fingerprint density at radius 1 is 1.14 bits per heavy atom. The molecule has 1 radical (unpaired) electrons. The van der Waals surface area contributed by atoms with E-state index in [2.05, 4.69) is 0 Å². The minimum absolute atomic E-state index is 0.0231. The highest BCUT2D eigenvalue weighted by atomic mass is 16.1. The molecule has 0 spiro atoms. The third-order valence-corrected chi connectivity index (χ3v) is 0.940. The lowest BCUT2D eigenvalue weighted by atomic mass is 9.75. The summed E-state index contributed by atoms with van der Waals surface area (Å²) in [4.78, 5) is 20.4. The molecule has 1 aliphatic heterocycles. The van der Waals surface area contributed by atoms with E-state index >= 15 is 0 Å². The SMILES string of the molecule is O=C1[B]C(=O)CC1. The van der Waals surface area contributed by atoms with Gasteiger partial charge >= 0.3 is 0 Å². The van der Waals surface area contributed by atoms with E-state index in [0.717, 1.165) is 0 Å². The quantitative estimate of drug-likeness (QED) is 0.381. The Balaban J connectivity index is 2.55. The first kappa shape index (κ1) is 4.56. The van der Waals surface area contributed by atoms with Crippen LogP contribution in [0.4, 0.5) is 0 Å². The number of hydrogen-bond acceptors (Lipinski definition) is 2. The molecule has 0 aliphatic carbocycles. The number of carbonyl (C=O) groups excluding carboxylic acids is 2. The molecule has 35 valence electrons. The molecule has 0 aromatic rings. The fraction of sp³-hybridized carbons (Fsp3) is 0.500. The van der Waals surface area contributed by atoms with E-state index in [1.165, 1.54) is 7.28 Å². The summed E-state index contributed by atoms with van der Waals surface area (Å²) in [7, 11) is 1.17. The van der Waals surface area contributed by atoms with E-state index in [1.54, 1.807) is 0 Å². The maximum absolute atomic E-state index is 10.2. The molecule has 0 atom stereocenters. The molecule has 2 nitrogen and oxygen atoms in total. The van der Waals surface area contributed by atoms with E-state index in [1.807, 2.05) is 0 Å². The van der Waals surface area contributed by atoms with Gasteiger partial charge in [-0.05, 0) is 0 Å². The zero-order chi connectivity index (χ0) is 5.28. The Labute approximate surface area is 42.1 Å². The molecule has 0 aromatic carbocycles. The summed E-state index contributed by atoms with van der Waals surface area (Å²) in [6.07, 6.45) is 0.859. The van der Waals surface area contributed by atoms with Crippen LogP contribution in [0.1, 0.15) is 12.8 Å². The van der Waals surface area contributed by atoms with Gasteiger partial charge in [-0.2, -0.15) is 0 Å². The molecule has 1 saturated heterocycles. The van der Waals surface area contributed by atoms with Crippen molar-refractivity contribution in [2.75, 3.05) is 0 Å².